The summed E-state index contributed by atoms with van der Waals surface area (Å²) in [4.78, 5) is 6.79. The van der Waals surface area contributed by atoms with Gasteiger partial charge in [0.15, 0.2) is 0 Å². The van der Waals surface area contributed by atoms with Gasteiger partial charge >= 0.3 is 0 Å². The Hall–Kier alpha value is -3.69. The largest absolute Gasteiger partial charge is 0.495 e. The fourth-order valence-electron chi connectivity index (χ4n) is 4.22. The van der Waals surface area contributed by atoms with Crippen molar-refractivity contribution in [3.8, 4) is 28.6 Å². The van der Waals surface area contributed by atoms with Gasteiger partial charge in [-0.3, -0.25) is 0 Å². The highest BCUT2D eigenvalue weighted by Crippen LogP contribution is 2.32. The van der Waals surface area contributed by atoms with Gasteiger partial charge in [0.2, 0.25) is 15.8 Å². The zero-order valence-electron chi connectivity index (χ0n) is 19.6. The predicted octanol–water partition coefficient (Wildman–Crippen LogP) is 4.23. The molecule has 0 N–H and O–H groups in total. The number of hydrogen-bond acceptors (Lipinski definition) is 7. The minimum Gasteiger partial charge on any atom is -0.495 e. The Balaban J connectivity index is 1.39. The summed E-state index contributed by atoms with van der Waals surface area (Å²) in [5.41, 5.74) is 3.28. The summed E-state index contributed by atoms with van der Waals surface area (Å²) in [6, 6.07) is 22.3. The molecule has 9 heteroatoms. The van der Waals surface area contributed by atoms with Crippen LogP contribution < -0.4 is 9.64 Å². The molecule has 0 amide bonds. The van der Waals surface area contributed by atoms with Gasteiger partial charge in [0, 0.05) is 31.7 Å². The summed E-state index contributed by atoms with van der Waals surface area (Å²) in [5, 5.41) is 4.07. The lowest BCUT2D eigenvalue weighted by atomic mass is 10.1. The predicted molar refractivity (Wildman–Crippen MR) is 134 cm³/mol. The first-order chi connectivity index (χ1) is 17.0. The van der Waals surface area contributed by atoms with Crippen LogP contribution in [-0.4, -0.2) is 56.2 Å². The Morgan fingerprint density at radius 2 is 1.57 bits per heavy atom. The second kappa shape index (κ2) is 9.52. The normalized spacial score (nSPS) is 14.7. The molecule has 1 aromatic heterocycles. The van der Waals surface area contributed by atoms with Gasteiger partial charge in [-0.25, -0.2) is 8.42 Å². The van der Waals surface area contributed by atoms with Crippen LogP contribution in [-0.2, 0) is 10.0 Å². The van der Waals surface area contributed by atoms with Crippen molar-refractivity contribution < 1.29 is 17.7 Å². The minimum absolute atomic E-state index is 0.157. The van der Waals surface area contributed by atoms with Gasteiger partial charge in [-0.2, -0.15) is 9.29 Å². The Morgan fingerprint density at radius 3 is 2.31 bits per heavy atom. The second-order valence-corrected chi connectivity index (χ2v) is 10.3. The van der Waals surface area contributed by atoms with E-state index in [0.717, 1.165) is 22.6 Å². The van der Waals surface area contributed by atoms with E-state index in [0.29, 0.717) is 37.6 Å². The Morgan fingerprint density at radius 1 is 0.886 bits per heavy atom. The van der Waals surface area contributed by atoms with E-state index in [-0.39, 0.29) is 10.8 Å². The molecule has 0 bridgehead atoms. The number of rotatable bonds is 6. The number of methoxy groups -OCH3 is 1. The SMILES string of the molecule is COc1ccccc1N1CCN(S(=O)(=O)c2ccccc2-c2nc(-c3ccc(C)cc3)no2)CC1. The number of piperazine rings is 1. The van der Waals surface area contributed by atoms with Gasteiger partial charge in [-0.1, -0.05) is 59.3 Å². The quantitative estimate of drug-likeness (QED) is 0.400. The molecule has 0 atom stereocenters. The van der Waals surface area contributed by atoms with Crippen LogP contribution >= 0.6 is 0 Å². The number of benzene rings is 3. The van der Waals surface area contributed by atoms with Crippen LogP contribution in [0.25, 0.3) is 22.8 Å². The lowest BCUT2D eigenvalue weighted by molar-refractivity contribution is 0.378. The van der Waals surface area contributed by atoms with Crippen LogP contribution in [0, 0.1) is 6.92 Å². The van der Waals surface area contributed by atoms with E-state index < -0.39 is 10.0 Å². The van der Waals surface area contributed by atoms with Crippen molar-refractivity contribution in [2.24, 2.45) is 0 Å². The monoisotopic (exact) mass is 490 g/mol. The molecule has 1 saturated heterocycles. The lowest BCUT2D eigenvalue weighted by Crippen LogP contribution is -2.48. The second-order valence-electron chi connectivity index (χ2n) is 8.35. The smallest absolute Gasteiger partial charge is 0.259 e. The van der Waals surface area contributed by atoms with Gasteiger partial charge in [0.1, 0.15) is 5.75 Å². The van der Waals surface area contributed by atoms with Crippen molar-refractivity contribution in [1.29, 1.82) is 0 Å². The van der Waals surface area contributed by atoms with Crippen molar-refractivity contribution in [2.45, 2.75) is 11.8 Å². The minimum atomic E-state index is -3.78. The highest BCUT2D eigenvalue weighted by atomic mass is 32.2. The van der Waals surface area contributed by atoms with Gasteiger partial charge in [0.05, 0.1) is 23.3 Å². The molecule has 0 spiro atoms. The van der Waals surface area contributed by atoms with Gasteiger partial charge in [0.25, 0.3) is 5.89 Å². The van der Waals surface area contributed by atoms with Crippen LogP contribution in [0.15, 0.2) is 82.2 Å². The highest BCUT2D eigenvalue weighted by Gasteiger charge is 2.32. The summed E-state index contributed by atoms with van der Waals surface area (Å²) < 4.78 is 39.8. The molecule has 3 aromatic carbocycles. The molecule has 0 unspecified atom stereocenters. The first kappa shape index (κ1) is 23.1. The molecule has 5 rings (SSSR count). The molecule has 8 nitrogen and oxygen atoms in total. The number of aryl methyl sites for hydroxylation is 1. The zero-order chi connectivity index (χ0) is 24.4. The van der Waals surface area contributed by atoms with Crippen LogP contribution in [0.1, 0.15) is 5.56 Å². The number of hydrogen-bond donors (Lipinski definition) is 0. The maximum absolute atomic E-state index is 13.7. The van der Waals surface area contributed by atoms with Crippen LogP contribution in [0.5, 0.6) is 5.75 Å². The molecule has 1 fully saturated rings. The number of ether oxygens (including phenoxy) is 1. The fraction of sp³-hybridized carbons (Fsp3) is 0.231. The van der Waals surface area contributed by atoms with Gasteiger partial charge in [-0.15, -0.1) is 0 Å². The van der Waals surface area contributed by atoms with Crippen LogP contribution in [0.2, 0.25) is 0 Å². The molecule has 0 radical (unpaired) electrons. The summed E-state index contributed by atoms with van der Waals surface area (Å²) >= 11 is 0. The van der Waals surface area contributed by atoms with E-state index in [1.807, 2.05) is 55.5 Å². The Bertz CT molecular complexity index is 1430. The average Bonchev–Trinajstić information content (AvgIpc) is 3.39. The van der Waals surface area contributed by atoms with E-state index in [1.54, 1.807) is 31.4 Å². The molecule has 180 valence electrons. The molecular formula is C26H26N4O4S. The number of para-hydroxylation sites is 2. The maximum Gasteiger partial charge on any atom is 0.259 e. The van der Waals surface area contributed by atoms with E-state index in [4.69, 9.17) is 9.26 Å². The molecule has 0 aliphatic carbocycles. The average molecular weight is 491 g/mol. The first-order valence-electron chi connectivity index (χ1n) is 11.4. The molecule has 0 saturated carbocycles. The van der Waals surface area contributed by atoms with E-state index >= 15 is 0 Å². The molecule has 2 heterocycles. The topological polar surface area (TPSA) is 88.8 Å². The number of aromatic nitrogens is 2. The van der Waals surface area contributed by atoms with Crippen molar-refractivity contribution in [1.82, 2.24) is 14.4 Å². The number of sulfonamides is 1. The zero-order valence-corrected chi connectivity index (χ0v) is 20.4. The van der Waals surface area contributed by atoms with E-state index in [2.05, 4.69) is 15.0 Å². The maximum atomic E-state index is 13.7. The molecular weight excluding hydrogens is 464 g/mol. The molecule has 1 aliphatic heterocycles. The fourth-order valence-corrected chi connectivity index (χ4v) is 5.83. The third-order valence-corrected chi connectivity index (χ3v) is 8.09. The first-order valence-corrected chi connectivity index (χ1v) is 12.8. The lowest BCUT2D eigenvalue weighted by Gasteiger charge is -2.36. The summed E-state index contributed by atoms with van der Waals surface area (Å²) in [7, 11) is -2.14. The molecule has 35 heavy (non-hydrogen) atoms. The third-order valence-electron chi connectivity index (χ3n) is 6.14. The standard InChI is InChI=1S/C26H26N4O4S/c1-19-11-13-20(14-12-19)25-27-26(34-28-25)21-7-3-6-10-24(21)35(31,32)30-17-15-29(16-18-30)22-8-4-5-9-23(22)33-2/h3-14H,15-18H2,1-2H3. The number of anilines is 1. The van der Waals surface area contributed by atoms with Crippen molar-refractivity contribution in [3.63, 3.8) is 0 Å². The Labute approximate surface area is 204 Å². The van der Waals surface area contributed by atoms with E-state index in [1.165, 1.54) is 4.31 Å². The van der Waals surface area contributed by atoms with E-state index in [9.17, 15) is 8.42 Å². The summed E-state index contributed by atoms with van der Waals surface area (Å²) in [5.74, 6) is 1.36. The van der Waals surface area contributed by atoms with Crippen LogP contribution in [0.4, 0.5) is 5.69 Å². The third kappa shape index (κ3) is 4.52. The summed E-state index contributed by atoms with van der Waals surface area (Å²) in [6.07, 6.45) is 0. The van der Waals surface area contributed by atoms with Gasteiger partial charge in [-0.05, 0) is 31.2 Å². The van der Waals surface area contributed by atoms with Crippen LogP contribution in [0.3, 0.4) is 0 Å². The molecule has 4 aromatic rings. The van der Waals surface area contributed by atoms with Crippen molar-refractivity contribution in [3.05, 3.63) is 78.4 Å². The number of nitrogens with zero attached hydrogens (tertiary/aromatic N) is 4. The van der Waals surface area contributed by atoms with Crippen molar-refractivity contribution >= 4 is 15.7 Å². The summed E-state index contributed by atoms with van der Waals surface area (Å²) in [6.45, 7) is 3.82. The Kier molecular flexibility index (Phi) is 6.27. The van der Waals surface area contributed by atoms with Crippen molar-refractivity contribution in [2.75, 3.05) is 38.2 Å². The highest BCUT2D eigenvalue weighted by molar-refractivity contribution is 7.89. The van der Waals surface area contributed by atoms with Gasteiger partial charge < -0.3 is 14.2 Å². The molecule has 1 aliphatic rings.